The van der Waals surface area contributed by atoms with Crippen LogP contribution in [-0.2, 0) is 9.47 Å². The fraction of sp³-hybridized carbons (Fsp3) is 0.500. The summed E-state index contributed by atoms with van der Waals surface area (Å²) in [6, 6.07) is 10.7. The average molecular weight is 679 g/mol. The van der Waals surface area contributed by atoms with Gasteiger partial charge in [-0.15, -0.1) is 0 Å². The number of aromatic nitrogens is 3. The predicted molar refractivity (Wildman–Crippen MR) is 176 cm³/mol. The zero-order valence-corrected chi connectivity index (χ0v) is 28.0. The summed E-state index contributed by atoms with van der Waals surface area (Å²) in [5, 5.41) is 12.9. The zero-order valence-electron chi connectivity index (χ0n) is 28.0. The number of hydrogen-bond donors (Lipinski definition) is 1. The number of piperazine rings is 1. The van der Waals surface area contributed by atoms with Gasteiger partial charge in [0.1, 0.15) is 40.7 Å². The van der Waals surface area contributed by atoms with Crippen LogP contribution in [0.25, 0.3) is 11.3 Å². The number of methoxy groups -OCH3 is 1. The minimum atomic E-state index is -1.50. The summed E-state index contributed by atoms with van der Waals surface area (Å²) in [7, 11) is 1.56. The van der Waals surface area contributed by atoms with Crippen molar-refractivity contribution in [2.24, 2.45) is 0 Å². The summed E-state index contributed by atoms with van der Waals surface area (Å²) < 4.78 is 52.3. The molecular formula is C34H40F2N8O5. The molecule has 3 aliphatic rings. The molecule has 5 heterocycles. The maximum Gasteiger partial charge on any atom is 0.410 e. The maximum absolute atomic E-state index is 15.1. The number of likely N-dealkylation sites (tertiary alicyclic amines) is 1. The lowest BCUT2D eigenvalue weighted by Crippen LogP contribution is -2.56. The Labute approximate surface area is 283 Å². The van der Waals surface area contributed by atoms with Crippen molar-refractivity contribution in [1.82, 2.24) is 24.8 Å². The fourth-order valence-corrected chi connectivity index (χ4v) is 5.94. The predicted octanol–water partition coefficient (Wildman–Crippen LogP) is 4.55. The second kappa shape index (κ2) is 14.4. The monoisotopic (exact) mass is 678 g/mol. The van der Waals surface area contributed by atoms with Crippen molar-refractivity contribution < 1.29 is 32.5 Å². The summed E-state index contributed by atoms with van der Waals surface area (Å²) in [5.41, 5.74) is 0.509. The molecule has 260 valence electrons. The highest BCUT2D eigenvalue weighted by Gasteiger charge is 2.35. The van der Waals surface area contributed by atoms with Gasteiger partial charge in [-0.2, -0.15) is 10.2 Å². The quantitative estimate of drug-likeness (QED) is 0.358. The van der Waals surface area contributed by atoms with Crippen LogP contribution in [0.15, 0.2) is 36.5 Å². The topological polar surface area (TPSA) is 138 Å². The molecular weight excluding hydrogens is 638 g/mol. The van der Waals surface area contributed by atoms with Crippen molar-refractivity contribution in [3.05, 3.63) is 47.9 Å². The summed E-state index contributed by atoms with van der Waals surface area (Å²) in [6.45, 7) is 10.4. The van der Waals surface area contributed by atoms with Gasteiger partial charge in [0.05, 0.1) is 44.7 Å². The van der Waals surface area contributed by atoms with Gasteiger partial charge >= 0.3 is 6.09 Å². The Hall–Kier alpha value is -4.81. The second-order valence-electron chi connectivity index (χ2n) is 13.2. The first kappa shape index (κ1) is 34.1. The van der Waals surface area contributed by atoms with Crippen LogP contribution >= 0.6 is 0 Å². The van der Waals surface area contributed by atoms with E-state index in [2.05, 4.69) is 30.1 Å². The van der Waals surface area contributed by atoms with Gasteiger partial charge in [-0.05, 0) is 51.1 Å². The van der Waals surface area contributed by atoms with Crippen LogP contribution in [0.5, 0.6) is 11.6 Å². The number of pyridine rings is 1. The molecule has 2 aromatic heterocycles. The highest BCUT2D eigenvalue weighted by Crippen LogP contribution is 2.32. The first-order chi connectivity index (χ1) is 23.5. The van der Waals surface area contributed by atoms with Crippen LogP contribution in [0, 0.1) is 17.1 Å². The van der Waals surface area contributed by atoms with Crippen molar-refractivity contribution >= 4 is 23.5 Å². The molecule has 0 aliphatic carbocycles. The molecule has 3 saturated heterocycles. The summed E-state index contributed by atoms with van der Waals surface area (Å²) in [5.74, 6) is 0.379. The van der Waals surface area contributed by atoms with Gasteiger partial charge in [0.2, 0.25) is 11.8 Å². The molecule has 0 radical (unpaired) electrons. The number of hydrogen-bond acceptors (Lipinski definition) is 12. The van der Waals surface area contributed by atoms with Crippen molar-refractivity contribution in [3.63, 3.8) is 0 Å². The van der Waals surface area contributed by atoms with Crippen molar-refractivity contribution in [2.45, 2.75) is 51.1 Å². The summed E-state index contributed by atoms with van der Waals surface area (Å²) >= 11 is 0. The molecule has 6 rings (SSSR count). The zero-order chi connectivity index (χ0) is 34.7. The number of ether oxygens (including phenoxy) is 4. The lowest BCUT2D eigenvalue weighted by atomic mass is 10.0. The third-order valence-corrected chi connectivity index (χ3v) is 8.59. The van der Waals surface area contributed by atoms with E-state index in [1.54, 1.807) is 40.0 Å². The summed E-state index contributed by atoms with van der Waals surface area (Å²) in [6.07, 6.45) is -1.74. The first-order valence-electron chi connectivity index (χ1n) is 16.3. The number of alkyl halides is 1. The molecule has 13 nitrogen and oxygen atoms in total. The van der Waals surface area contributed by atoms with E-state index in [0.717, 1.165) is 51.3 Å². The highest BCUT2D eigenvalue weighted by molar-refractivity contribution is 5.69. The van der Waals surface area contributed by atoms with E-state index in [9.17, 15) is 10.1 Å². The number of benzene rings is 1. The largest absolute Gasteiger partial charge is 0.486 e. The number of nitrogens with one attached hydrogen (secondary N) is 1. The normalized spacial score (nSPS) is 20.3. The van der Waals surface area contributed by atoms with Crippen LogP contribution in [0.1, 0.15) is 32.8 Å². The van der Waals surface area contributed by atoms with E-state index in [1.165, 1.54) is 17.0 Å². The van der Waals surface area contributed by atoms with E-state index in [4.69, 9.17) is 18.9 Å². The molecule has 0 bridgehead atoms. The van der Waals surface area contributed by atoms with Crippen LogP contribution in [0.3, 0.4) is 0 Å². The number of carbonyl (C=O) groups excluding carboxylic acids is 1. The van der Waals surface area contributed by atoms with E-state index in [1.807, 2.05) is 12.1 Å². The standard InChI is InChI=1S/C34H40F2N8O5/c1-34(2,3)49-33(45)44-10-9-28(25(36)18-44)48-27-7-5-21(15-22(27)16-37)30-24(35)17-38-32(41-30)40-29-8-6-26(31(39-29)46-4)43-13-11-42(12-14-43)23-19-47-20-23/h5-8,15,17,23,25,28H,9-14,18-20H2,1-4H3,(H,38,39,40,41)/t25-,28+/m1/s1. The molecule has 1 aromatic carbocycles. The number of halogens is 2. The van der Waals surface area contributed by atoms with Gasteiger partial charge in [0, 0.05) is 44.7 Å². The highest BCUT2D eigenvalue weighted by atomic mass is 19.1. The Morgan fingerprint density at radius 1 is 1.10 bits per heavy atom. The fourth-order valence-electron chi connectivity index (χ4n) is 5.94. The number of nitriles is 1. The van der Waals surface area contributed by atoms with E-state index in [0.29, 0.717) is 23.3 Å². The maximum atomic E-state index is 15.1. The lowest BCUT2D eigenvalue weighted by Gasteiger charge is -2.43. The van der Waals surface area contributed by atoms with Crippen LogP contribution < -0.4 is 19.7 Å². The van der Waals surface area contributed by atoms with E-state index in [-0.39, 0.29) is 42.5 Å². The Kier molecular flexibility index (Phi) is 9.98. The van der Waals surface area contributed by atoms with Crippen LogP contribution in [-0.4, -0.2) is 114 Å². The van der Waals surface area contributed by atoms with Crippen molar-refractivity contribution in [1.29, 1.82) is 5.26 Å². The Morgan fingerprint density at radius 2 is 1.88 bits per heavy atom. The van der Waals surface area contributed by atoms with Gasteiger partial charge in [-0.25, -0.2) is 23.5 Å². The molecule has 3 aromatic rings. The van der Waals surface area contributed by atoms with Crippen LogP contribution in [0.2, 0.25) is 0 Å². The average Bonchev–Trinajstić information content (AvgIpc) is 3.05. The smallest absolute Gasteiger partial charge is 0.410 e. The molecule has 0 spiro atoms. The van der Waals surface area contributed by atoms with Crippen LogP contribution in [0.4, 0.5) is 31.0 Å². The second-order valence-corrected chi connectivity index (χ2v) is 13.2. The first-order valence-corrected chi connectivity index (χ1v) is 16.3. The van der Waals surface area contributed by atoms with Gasteiger partial charge in [-0.1, -0.05) is 0 Å². The van der Waals surface area contributed by atoms with E-state index < -0.39 is 29.8 Å². The molecule has 15 heteroatoms. The third-order valence-electron chi connectivity index (χ3n) is 8.59. The molecule has 0 unspecified atom stereocenters. The number of piperidine rings is 1. The number of anilines is 3. The number of amides is 1. The van der Waals surface area contributed by atoms with E-state index >= 15 is 8.78 Å². The molecule has 3 fully saturated rings. The molecule has 0 saturated carbocycles. The van der Waals surface area contributed by atoms with Gasteiger partial charge in [0.15, 0.2) is 12.0 Å². The SMILES string of the molecule is COc1nc(Nc2ncc(F)c(-c3ccc(O[C@H]4CCN(C(=O)OC(C)(C)C)C[C@H]4F)c(C#N)c3)n2)ccc1N1CCN(C2COC2)CC1. The molecule has 2 atom stereocenters. The molecule has 3 aliphatic heterocycles. The Bertz CT molecular complexity index is 1700. The minimum absolute atomic E-state index is 0.0482. The third kappa shape index (κ3) is 7.92. The Balaban J connectivity index is 1.12. The Morgan fingerprint density at radius 3 is 2.53 bits per heavy atom. The van der Waals surface area contributed by atoms with Gasteiger partial charge in [0.25, 0.3) is 0 Å². The van der Waals surface area contributed by atoms with Crippen molar-refractivity contribution in [3.8, 4) is 29.0 Å². The van der Waals surface area contributed by atoms with Gasteiger partial charge in [-0.3, -0.25) is 4.90 Å². The number of rotatable bonds is 8. The molecule has 1 N–H and O–H groups in total. The van der Waals surface area contributed by atoms with Gasteiger partial charge < -0.3 is 34.1 Å². The van der Waals surface area contributed by atoms with Crippen molar-refractivity contribution in [2.75, 3.05) is 69.8 Å². The minimum Gasteiger partial charge on any atom is -0.486 e. The number of carbonyl (C=O) groups is 1. The molecule has 1 amide bonds. The molecule has 49 heavy (non-hydrogen) atoms. The number of nitrogens with zero attached hydrogens (tertiary/aromatic N) is 7. The summed E-state index contributed by atoms with van der Waals surface area (Å²) in [4.78, 5) is 31.4. The lowest BCUT2D eigenvalue weighted by molar-refractivity contribution is -0.0660.